The maximum absolute atomic E-state index is 10.8. The molecule has 12 heavy (non-hydrogen) atoms. The van der Waals surface area contributed by atoms with Gasteiger partial charge in [-0.15, -0.1) is 0 Å². The first kappa shape index (κ1) is 8.01. The minimum atomic E-state index is -0.726. The third-order valence-electron chi connectivity index (χ3n) is 3.01. The van der Waals surface area contributed by atoms with Crippen LogP contribution in [0.4, 0.5) is 0 Å². The van der Waals surface area contributed by atoms with E-state index in [0.29, 0.717) is 0 Å². The Kier molecular flexibility index (Phi) is 1.81. The van der Waals surface area contributed by atoms with Gasteiger partial charge in [-0.05, 0) is 12.8 Å². The molecular formula is C8H14N2O2. The summed E-state index contributed by atoms with van der Waals surface area (Å²) in [5.74, 6) is -0.726. The number of carboxylic acids is 1. The average molecular weight is 170 g/mol. The lowest BCUT2D eigenvalue weighted by molar-refractivity contribution is -0.149. The molecule has 2 rings (SSSR count). The van der Waals surface area contributed by atoms with Gasteiger partial charge in [0.25, 0.3) is 0 Å². The molecule has 1 saturated carbocycles. The zero-order valence-corrected chi connectivity index (χ0v) is 6.97. The lowest BCUT2D eigenvalue weighted by Crippen LogP contribution is -2.79. The first-order chi connectivity index (χ1) is 5.75. The van der Waals surface area contributed by atoms with Crippen LogP contribution in [0.1, 0.15) is 32.1 Å². The molecule has 4 heteroatoms. The van der Waals surface area contributed by atoms with E-state index in [1.54, 1.807) is 0 Å². The van der Waals surface area contributed by atoms with Crippen LogP contribution < -0.4 is 10.9 Å². The first-order valence-electron chi connectivity index (χ1n) is 4.50. The van der Waals surface area contributed by atoms with Gasteiger partial charge in [0.2, 0.25) is 0 Å². The number of nitrogens with one attached hydrogen (secondary N) is 2. The molecule has 2 aliphatic rings. The van der Waals surface area contributed by atoms with E-state index in [0.717, 1.165) is 25.7 Å². The van der Waals surface area contributed by atoms with Crippen LogP contribution in [0.2, 0.25) is 0 Å². The molecule has 0 amide bonds. The highest BCUT2D eigenvalue weighted by molar-refractivity contribution is 5.76. The van der Waals surface area contributed by atoms with Crippen molar-refractivity contribution in [1.82, 2.24) is 10.9 Å². The molecule has 68 valence electrons. The van der Waals surface area contributed by atoms with Crippen molar-refractivity contribution in [2.45, 2.75) is 43.7 Å². The monoisotopic (exact) mass is 170 g/mol. The third kappa shape index (κ3) is 1.03. The van der Waals surface area contributed by atoms with E-state index < -0.39 is 5.97 Å². The fourth-order valence-electron chi connectivity index (χ4n) is 2.24. The minimum Gasteiger partial charge on any atom is -0.480 e. The van der Waals surface area contributed by atoms with Gasteiger partial charge in [-0.2, -0.15) is 0 Å². The number of rotatable bonds is 1. The van der Waals surface area contributed by atoms with Crippen LogP contribution >= 0.6 is 0 Å². The molecule has 1 aliphatic carbocycles. The fourth-order valence-corrected chi connectivity index (χ4v) is 2.24. The van der Waals surface area contributed by atoms with Gasteiger partial charge in [0.05, 0.1) is 5.54 Å². The summed E-state index contributed by atoms with van der Waals surface area (Å²) in [6.07, 6.45) is 5.54. The molecule has 0 aromatic carbocycles. The van der Waals surface area contributed by atoms with Gasteiger partial charge in [0, 0.05) is 0 Å². The Hall–Kier alpha value is -0.610. The second kappa shape index (κ2) is 2.71. The maximum atomic E-state index is 10.8. The molecule has 1 atom stereocenters. The SMILES string of the molecule is O=C(O)C1NNC12CCCCC2. The van der Waals surface area contributed by atoms with E-state index in [9.17, 15) is 4.79 Å². The van der Waals surface area contributed by atoms with Crippen molar-refractivity contribution in [2.24, 2.45) is 0 Å². The molecule has 2 fully saturated rings. The van der Waals surface area contributed by atoms with Gasteiger partial charge in [0.15, 0.2) is 0 Å². The molecule has 0 aromatic heterocycles. The molecule has 1 unspecified atom stereocenters. The number of hydrogen-bond acceptors (Lipinski definition) is 3. The molecule has 0 bridgehead atoms. The third-order valence-corrected chi connectivity index (χ3v) is 3.01. The smallest absolute Gasteiger partial charge is 0.324 e. The van der Waals surface area contributed by atoms with Gasteiger partial charge in [-0.3, -0.25) is 4.79 Å². The summed E-state index contributed by atoms with van der Waals surface area (Å²) in [7, 11) is 0. The second-order valence-electron chi connectivity index (χ2n) is 3.76. The van der Waals surface area contributed by atoms with E-state index in [-0.39, 0.29) is 11.6 Å². The van der Waals surface area contributed by atoms with E-state index in [4.69, 9.17) is 5.11 Å². The van der Waals surface area contributed by atoms with Crippen LogP contribution in [0, 0.1) is 0 Å². The number of aliphatic carboxylic acids is 1. The maximum Gasteiger partial charge on any atom is 0.324 e. The molecule has 1 aliphatic heterocycles. The van der Waals surface area contributed by atoms with Crippen LogP contribution in [0.25, 0.3) is 0 Å². The molecule has 4 nitrogen and oxygen atoms in total. The van der Waals surface area contributed by atoms with E-state index >= 15 is 0 Å². The summed E-state index contributed by atoms with van der Waals surface area (Å²) in [6, 6.07) is -0.363. The molecule has 1 heterocycles. The van der Waals surface area contributed by atoms with Crippen molar-refractivity contribution in [3.05, 3.63) is 0 Å². The Morgan fingerprint density at radius 2 is 2.00 bits per heavy atom. The lowest BCUT2D eigenvalue weighted by atomic mass is 9.74. The van der Waals surface area contributed by atoms with E-state index in [1.807, 2.05) is 0 Å². The van der Waals surface area contributed by atoms with Crippen LogP contribution in [-0.2, 0) is 4.79 Å². The van der Waals surface area contributed by atoms with Gasteiger partial charge in [0.1, 0.15) is 6.04 Å². The Morgan fingerprint density at radius 3 is 2.42 bits per heavy atom. The highest BCUT2D eigenvalue weighted by atomic mass is 16.4. The van der Waals surface area contributed by atoms with Crippen molar-refractivity contribution in [3.63, 3.8) is 0 Å². The lowest BCUT2D eigenvalue weighted by Gasteiger charge is -2.51. The second-order valence-corrected chi connectivity index (χ2v) is 3.76. The molecule has 0 radical (unpaired) electrons. The Balaban J connectivity index is 2.05. The zero-order valence-electron chi connectivity index (χ0n) is 6.97. The van der Waals surface area contributed by atoms with Gasteiger partial charge in [-0.25, -0.2) is 10.9 Å². The number of hydrazine groups is 1. The topological polar surface area (TPSA) is 61.4 Å². The predicted octanol–water partition coefficient (Wildman–Crippen LogP) is 0.250. The Labute approximate surface area is 71.3 Å². The van der Waals surface area contributed by atoms with Crippen molar-refractivity contribution < 1.29 is 9.90 Å². The summed E-state index contributed by atoms with van der Waals surface area (Å²) in [5, 5.41) is 8.85. The predicted molar refractivity (Wildman–Crippen MR) is 43.5 cm³/mol. The van der Waals surface area contributed by atoms with Crippen molar-refractivity contribution >= 4 is 5.97 Å². The molecule has 3 N–H and O–H groups in total. The summed E-state index contributed by atoms with van der Waals surface area (Å²) in [6.45, 7) is 0. The zero-order chi connectivity index (χ0) is 8.60. The number of carboxylic acid groups (broad SMARTS) is 1. The largest absolute Gasteiger partial charge is 0.480 e. The van der Waals surface area contributed by atoms with E-state index in [2.05, 4.69) is 10.9 Å². The Morgan fingerprint density at radius 1 is 1.33 bits per heavy atom. The number of hydrogen-bond donors (Lipinski definition) is 3. The van der Waals surface area contributed by atoms with Crippen molar-refractivity contribution in [3.8, 4) is 0 Å². The van der Waals surface area contributed by atoms with Crippen LogP contribution in [0.15, 0.2) is 0 Å². The summed E-state index contributed by atoms with van der Waals surface area (Å²) >= 11 is 0. The van der Waals surface area contributed by atoms with Gasteiger partial charge >= 0.3 is 5.97 Å². The first-order valence-corrected chi connectivity index (χ1v) is 4.50. The highest BCUT2D eigenvalue weighted by Crippen LogP contribution is 2.34. The standard InChI is InChI=1S/C8H14N2O2/c11-7(12)6-8(10-9-6)4-2-1-3-5-8/h6,9-10H,1-5H2,(H,11,12). The average Bonchev–Trinajstić information content (AvgIpc) is 2.03. The van der Waals surface area contributed by atoms with Crippen LogP contribution in [0.3, 0.4) is 0 Å². The van der Waals surface area contributed by atoms with Crippen LogP contribution in [-0.4, -0.2) is 22.7 Å². The quantitative estimate of drug-likeness (QED) is 0.528. The molecular weight excluding hydrogens is 156 g/mol. The Bertz CT molecular complexity index is 199. The normalized spacial score (nSPS) is 32.8. The highest BCUT2D eigenvalue weighted by Gasteiger charge is 2.50. The summed E-state index contributed by atoms with van der Waals surface area (Å²) < 4.78 is 0. The number of carbonyl (C=O) groups is 1. The molecule has 1 saturated heterocycles. The van der Waals surface area contributed by atoms with E-state index in [1.165, 1.54) is 6.42 Å². The van der Waals surface area contributed by atoms with Gasteiger partial charge < -0.3 is 5.11 Å². The molecule has 1 spiro atoms. The van der Waals surface area contributed by atoms with Crippen LogP contribution in [0.5, 0.6) is 0 Å². The summed E-state index contributed by atoms with van der Waals surface area (Å²) in [5.41, 5.74) is 5.70. The minimum absolute atomic E-state index is 0.121. The summed E-state index contributed by atoms with van der Waals surface area (Å²) in [4.78, 5) is 10.8. The van der Waals surface area contributed by atoms with Crippen molar-refractivity contribution in [1.29, 1.82) is 0 Å². The fraction of sp³-hybridized carbons (Fsp3) is 0.875. The molecule has 0 aromatic rings. The van der Waals surface area contributed by atoms with Crippen molar-refractivity contribution in [2.75, 3.05) is 0 Å². The van der Waals surface area contributed by atoms with Gasteiger partial charge in [-0.1, -0.05) is 19.3 Å².